The van der Waals surface area contributed by atoms with Gasteiger partial charge in [-0.1, -0.05) is 6.07 Å². The Balaban J connectivity index is 2.27. The van der Waals surface area contributed by atoms with Crippen LogP contribution in [0, 0.1) is 0 Å². The highest BCUT2D eigenvalue weighted by atomic mass is 16.1. The monoisotopic (exact) mass is 257 g/mol. The number of H-pyrrole nitrogens is 1. The van der Waals surface area contributed by atoms with E-state index in [2.05, 4.69) is 15.3 Å². The number of rotatable bonds is 3. The Labute approximate surface area is 110 Å². The van der Waals surface area contributed by atoms with Crippen molar-refractivity contribution in [2.24, 2.45) is 10.7 Å². The minimum atomic E-state index is -0.135. The Kier molecular flexibility index (Phi) is 3.51. The zero-order valence-electron chi connectivity index (χ0n) is 10.5. The molecule has 0 spiro atoms. The molecule has 0 atom stereocenters. The summed E-state index contributed by atoms with van der Waals surface area (Å²) in [5.41, 5.74) is 13.6. The van der Waals surface area contributed by atoms with Crippen LogP contribution in [0.5, 0.6) is 0 Å². The molecule has 98 valence electrons. The van der Waals surface area contributed by atoms with Crippen molar-refractivity contribution < 1.29 is 4.79 Å². The third-order valence-corrected chi connectivity index (χ3v) is 2.47. The van der Waals surface area contributed by atoms with E-state index in [1.54, 1.807) is 36.5 Å². The van der Waals surface area contributed by atoms with Gasteiger partial charge in [0.15, 0.2) is 0 Å². The Hall–Kier alpha value is -2.76. The molecule has 6 nitrogen and oxygen atoms in total. The van der Waals surface area contributed by atoms with Gasteiger partial charge in [-0.05, 0) is 24.3 Å². The Morgan fingerprint density at radius 1 is 1.37 bits per heavy atom. The molecule has 1 heterocycles. The van der Waals surface area contributed by atoms with Crippen molar-refractivity contribution in [3.05, 3.63) is 42.1 Å². The third kappa shape index (κ3) is 3.12. The van der Waals surface area contributed by atoms with E-state index in [4.69, 9.17) is 11.5 Å². The maximum atomic E-state index is 11.0. The lowest BCUT2D eigenvalue weighted by Crippen LogP contribution is -2.13. The molecule has 6 heteroatoms. The lowest BCUT2D eigenvalue weighted by atomic mass is 10.2. The number of hydrogen-bond acceptors (Lipinski definition) is 3. The molecular weight excluding hydrogens is 242 g/mol. The van der Waals surface area contributed by atoms with Crippen LogP contribution in [0.15, 0.2) is 41.5 Å². The summed E-state index contributed by atoms with van der Waals surface area (Å²) in [6.45, 7) is 1.45. The summed E-state index contributed by atoms with van der Waals surface area (Å²) in [4.78, 5) is 18.1. The molecule has 2 rings (SSSR count). The van der Waals surface area contributed by atoms with E-state index in [9.17, 15) is 4.79 Å². The number of hydrogen-bond donors (Lipinski definition) is 4. The van der Waals surface area contributed by atoms with Crippen LogP contribution in [0.4, 0.5) is 17.2 Å². The fraction of sp³-hybridized carbons (Fsp3) is 0.0769. The van der Waals surface area contributed by atoms with Crippen molar-refractivity contribution in [3.63, 3.8) is 0 Å². The minimum absolute atomic E-state index is 0.135. The maximum absolute atomic E-state index is 11.0. The molecule has 0 fully saturated rings. The van der Waals surface area contributed by atoms with Crippen LogP contribution in [-0.4, -0.2) is 16.7 Å². The smallest absolute Gasteiger partial charge is 0.221 e. The predicted octanol–water partition coefficient (Wildman–Crippen LogP) is 1.59. The number of nitrogens with zero attached hydrogens (tertiary/aromatic N) is 1. The zero-order valence-corrected chi connectivity index (χ0v) is 10.5. The van der Waals surface area contributed by atoms with Gasteiger partial charge in [0.1, 0.15) is 11.7 Å². The first-order chi connectivity index (χ1) is 9.06. The maximum Gasteiger partial charge on any atom is 0.221 e. The van der Waals surface area contributed by atoms with Gasteiger partial charge in [-0.25, -0.2) is 4.99 Å². The molecule has 0 aliphatic carbocycles. The quantitative estimate of drug-likeness (QED) is 0.495. The molecule has 0 saturated carbocycles. The van der Waals surface area contributed by atoms with Crippen LogP contribution in [0.2, 0.25) is 0 Å². The van der Waals surface area contributed by atoms with Crippen molar-refractivity contribution >= 4 is 28.9 Å². The number of amides is 1. The van der Waals surface area contributed by atoms with Gasteiger partial charge in [-0.3, -0.25) is 4.79 Å². The van der Waals surface area contributed by atoms with Gasteiger partial charge in [0.2, 0.25) is 5.91 Å². The van der Waals surface area contributed by atoms with Crippen molar-refractivity contribution in [3.8, 4) is 0 Å². The number of carbonyl (C=O) groups is 1. The van der Waals surface area contributed by atoms with Gasteiger partial charge in [0.05, 0.1) is 11.3 Å². The average molecular weight is 257 g/mol. The number of anilines is 2. The second-order valence-corrected chi connectivity index (χ2v) is 4.03. The van der Waals surface area contributed by atoms with Gasteiger partial charge in [-0.2, -0.15) is 0 Å². The van der Waals surface area contributed by atoms with Crippen LogP contribution in [0.25, 0.3) is 0 Å². The second-order valence-electron chi connectivity index (χ2n) is 4.03. The standard InChI is InChI=1S/C13H15N5O/c1-8(19)17-9-3-2-4-10(7-9)18-13(15)11-5-6-16-12(11)14/h2-7,16H,14H2,1H3,(H2,15,18)(H,17,19). The van der Waals surface area contributed by atoms with Gasteiger partial charge < -0.3 is 21.8 Å². The summed E-state index contributed by atoms with van der Waals surface area (Å²) >= 11 is 0. The molecule has 0 unspecified atom stereocenters. The van der Waals surface area contributed by atoms with E-state index in [1.807, 2.05) is 0 Å². The second kappa shape index (κ2) is 5.26. The van der Waals surface area contributed by atoms with Crippen LogP contribution in [0.3, 0.4) is 0 Å². The summed E-state index contributed by atoms with van der Waals surface area (Å²) < 4.78 is 0. The van der Waals surface area contributed by atoms with Gasteiger partial charge in [-0.15, -0.1) is 0 Å². The highest BCUT2D eigenvalue weighted by Crippen LogP contribution is 2.19. The lowest BCUT2D eigenvalue weighted by Gasteiger charge is -2.04. The topological polar surface area (TPSA) is 109 Å². The molecule has 0 radical (unpaired) electrons. The fourth-order valence-electron chi connectivity index (χ4n) is 1.66. The molecule has 0 bridgehead atoms. The van der Waals surface area contributed by atoms with Crippen LogP contribution < -0.4 is 16.8 Å². The van der Waals surface area contributed by atoms with E-state index in [0.717, 1.165) is 0 Å². The minimum Gasteiger partial charge on any atom is -0.385 e. The van der Waals surface area contributed by atoms with E-state index < -0.39 is 0 Å². The molecule has 0 aliphatic rings. The van der Waals surface area contributed by atoms with Crippen LogP contribution in [0.1, 0.15) is 12.5 Å². The highest BCUT2D eigenvalue weighted by molar-refractivity contribution is 6.02. The number of aromatic nitrogens is 1. The molecule has 1 aromatic carbocycles. The number of nitrogens with two attached hydrogens (primary N) is 2. The molecule has 0 saturated heterocycles. The van der Waals surface area contributed by atoms with Gasteiger partial charge in [0.25, 0.3) is 0 Å². The van der Waals surface area contributed by atoms with Crippen LogP contribution >= 0.6 is 0 Å². The first-order valence-electron chi connectivity index (χ1n) is 5.71. The first-order valence-corrected chi connectivity index (χ1v) is 5.71. The predicted molar refractivity (Wildman–Crippen MR) is 76.3 cm³/mol. The summed E-state index contributed by atoms with van der Waals surface area (Å²) in [6, 6.07) is 8.85. The van der Waals surface area contributed by atoms with Gasteiger partial charge >= 0.3 is 0 Å². The molecule has 0 aliphatic heterocycles. The molecule has 1 amide bonds. The van der Waals surface area contributed by atoms with Crippen molar-refractivity contribution in [1.82, 2.24) is 4.98 Å². The van der Waals surface area contributed by atoms with E-state index >= 15 is 0 Å². The summed E-state index contributed by atoms with van der Waals surface area (Å²) in [7, 11) is 0. The summed E-state index contributed by atoms with van der Waals surface area (Å²) in [6.07, 6.45) is 1.70. The average Bonchev–Trinajstić information content (AvgIpc) is 2.75. The summed E-state index contributed by atoms with van der Waals surface area (Å²) in [5, 5.41) is 2.68. The summed E-state index contributed by atoms with van der Waals surface area (Å²) in [5.74, 6) is 0.655. The number of nitrogen functional groups attached to an aromatic ring is 1. The molecule has 6 N–H and O–H groups in total. The lowest BCUT2D eigenvalue weighted by molar-refractivity contribution is -0.114. The van der Waals surface area contributed by atoms with Crippen molar-refractivity contribution in [1.29, 1.82) is 0 Å². The number of aliphatic imine (C=N–C) groups is 1. The fourth-order valence-corrected chi connectivity index (χ4v) is 1.66. The Bertz CT molecular complexity index is 629. The molecule has 1 aromatic heterocycles. The number of amidine groups is 1. The van der Waals surface area contributed by atoms with E-state index in [1.165, 1.54) is 6.92 Å². The Morgan fingerprint density at radius 3 is 2.79 bits per heavy atom. The number of aromatic amines is 1. The highest BCUT2D eigenvalue weighted by Gasteiger charge is 2.05. The SMILES string of the molecule is CC(=O)Nc1cccc(N=C(N)c2cc[nH]c2N)c1. The van der Waals surface area contributed by atoms with Crippen LogP contribution in [-0.2, 0) is 4.79 Å². The van der Waals surface area contributed by atoms with Gasteiger partial charge in [0, 0.05) is 18.8 Å². The Morgan fingerprint density at radius 2 is 2.16 bits per heavy atom. The number of nitrogens with one attached hydrogen (secondary N) is 2. The number of benzene rings is 1. The van der Waals surface area contributed by atoms with Crippen molar-refractivity contribution in [2.75, 3.05) is 11.1 Å². The largest absolute Gasteiger partial charge is 0.385 e. The number of carbonyl (C=O) groups excluding carboxylic acids is 1. The van der Waals surface area contributed by atoms with E-state index in [-0.39, 0.29) is 5.91 Å². The third-order valence-electron chi connectivity index (χ3n) is 2.47. The molecular formula is C13H15N5O. The molecule has 2 aromatic rings. The first kappa shape index (κ1) is 12.7. The van der Waals surface area contributed by atoms with E-state index in [0.29, 0.717) is 28.6 Å². The molecule has 19 heavy (non-hydrogen) atoms. The zero-order chi connectivity index (χ0) is 13.8. The normalized spacial score (nSPS) is 11.3. The van der Waals surface area contributed by atoms with Crippen molar-refractivity contribution in [2.45, 2.75) is 6.92 Å².